The lowest BCUT2D eigenvalue weighted by molar-refractivity contribution is 0.134. The Hall–Kier alpha value is -0.820. The highest BCUT2D eigenvalue weighted by Gasteiger charge is 2.51. The van der Waals surface area contributed by atoms with Crippen LogP contribution in [0.2, 0.25) is 0 Å². The molecule has 1 saturated carbocycles. The second kappa shape index (κ2) is 2.60. The van der Waals surface area contributed by atoms with Gasteiger partial charge in [-0.3, -0.25) is 0 Å². The maximum atomic E-state index is 10.2. The first-order valence-corrected chi connectivity index (χ1v) is 5.55. The molecule has 1 N–H and O–H groups in total. The van der Waals surface area contributed by atoms with Gasteiger partial charge in [0.25, 0.3) is 0 Å². The van der Waals surface area contributed by atoms with Crippen molar-refractivity contribution in [3.63, 3.8) is 0 Å². The molecule has 2 aliphatic rings. The summed E-state index contributed by atoms with van der Waals surface area (Å²) in [5, 5.41) is 10.2. The molecule has 1 heteroatoms. The van der Waals surface area contributed by atoms with Crippen molar-refractivity contribution in [3.8, 4) is 0 Å². The third-order valence-corrected chi connectivity index (χ3v) is 3.87. The molecular weight excluding hydrogens is 172 g/mol. The zero-order valence-electron chi connectivity index (χ0n) is 8.59. The maximum absolute atomic E-state index is 10.2. The van der Waals surface area contributed by atoms with Crippen LogP contribution in [0.25, 0.3) is 0 Å². The molecule has 2 atom stereocenters. The topological polar surface area (TPSA) is 20.2 Å². The van der Waals surface area contributed by atoms with Gasteiger partial charge in [-0.05, 0) is 48.3 Å². The molecule has 0 radical (unpaired) electrons. The van der Waals surface area contributed by atoms with Gasteiger partial charge in [0.1, 0.15) is 0 Å². The van der Waals surface area contributed by atoms with Crippen molar-refractivity contribution in [2.75, 3.05) is 0 Å². The second-order valence-electron chi connectivity index (χ2n) is 4.87. The summed E-state index contributed by atoms with van der Waals surface area (Å²) in [6, 6.07) is 6.56. The van der Waals surface area contributed by atoms with Crippen molar-refractivity contribution >= 4 is 0 Å². The number of rotatable bonds is 1. The predicted molar refractivity (Wildman–Crippen MR) is 56.1 cm³/mol. The molecule has 1 aromatic carbocycles. The lowest BCUT2D eigenvalue weighted by Crippen LogP contribution is -2.07. The Kier molecular flexibility index (Phi) is 1.58. The molecule has 1 nitrogen and oxygen atoms in total. The van der Waals surface area contributed by atoms with E-state index in [-0.39, 0.29) is 0 Å². The lowest BCUT2D eigenvalue weighted by Gasteiger charge is -2.11. The van der Waals surface area contributed by atoms with Gasteiger partial charge in [0.15, 0.2) is 0 Å². The van der Waals surface area contributed by atoms with Crippen molar-refractivity contribution in [1.82, 2.24) is 0 Å². The number of benzene rings is 1. The minimum absolute atomic E-state index is 0.446. The fourth-order valence-electron chi connectivity index (χ4n) is 2.65. The van der Waals surface area contributed by atoms with E-state index in [0.717, 1.165) is 12.0 Å². The molecule has 0 saturated heterocycles. The normalized spacial score (nSPS) is 34.3. The molecule has 0 heterocycles. The standard InChI is InChI=1S/C13H16O/c1-9-8-13(9,14)12-6-5-10-3-2-4-11(10)7-12/h5-7,9,14H,2-4,8H2,1H3. The first-order chi connectivity index (χ1) is 6.70. The highest BCUT2D eigenvalue weighted by Crippen LogP contribution is 2.51. The number of fused-ring (bicyclic) bond motifs is 1. The Morgan fingerprint density at radius 3 is 2.71 bits per heavy atom. The van der Waals surface area contributed by atoms with Crippen LogP contribution in [0.1, 0.15) is 36.5 Å². The highest BCUT2D eigenvalue weighted by atomic mass is 16.3. The van der Waals surface area contributed by atoms with Gasteiger partial charge < -0.3 is 5.11 Å². The van der Waals surface area contributed by atoms with E-state index < -0.39 is 5.60 Å². The van der Waals surface area contributed by atoms with Crippen LogP contribution < -0.4 is 0 Å². The number of aliphatic hydroxyl groups is 1. The fraction of sp³-hybridized carbons (Fsp3) is 0.538. The molecule has 2 aliphatic carbocycles. The number of aryl methyl sites for hydroxylation is 2. The minimum Gasteiger partial charge on any atom is -0.385 e. The van der Waals surface area contributed by atoms with Crippen molar-refractivity contribution in [2.45, 2.75) is 38.2 Å². The van der Waals surface area contributed by atoms with Crippen molar-refractivity contribution in [1.29, 1.82) is 0 Å². The van der Waals surface area contributed by atoms with Gasteiger partial charge in [0.05, 0.1) is 5.60 Å². The Labute approximate surface area is 84.8 Å². The van der Waals surface area contributed by atoms with Crippen LogP contribution in [0, 0.1) is 5.92 Å². The zero-order chi connectivity index (χ0) is 9.76. The number of hydrogen-bond acceptors (Lipinski definition) is 1. The molecule has 3 rings (SSSR count). The zero-order valence-corrected chi connectivity index (χ0v) is 8.59. The summed E-state index contributed by atoms with van der Waals surface area (Å²) in [6.45, 7) is 2.12. The van der Waals surface area contributed by atoms with Gasteiger partial charge in [-0.2, -0.15) is 0 Å². The molecule has 2 unspecified atom stereocenters. The van der Waals surface area contributed by atoms with Crippen LogP contribution in [0.5, 0.6) is 0 Å². The quantitative estimate of drug-likeness (QED) is 0.717. The SMILES string of the molecule is CC1CC1(O)c1ccc2c(c1)CCC2. The summed E-state index contributed by atoms with van der Waals surface area (Å²) in [4.78, 5) is 0. The maximum Gasteiger partial charge on any atom is 0.0926 e. The van der Waals surface area contributed by atoms with E-state index in [9.17, 15) is 5.11 Å². The van der Waals surface area contributed by atoms with Gasteiger partial charge in [-0.15, -0.1) is 0 Å². The van der Waals surface area contributed by atoms with Crippen molar-refractivity contribution in [3.05, 3.63) is 34.9 Å². The average molecular weight is 188 g/mol. The smallest absolute Gasteiger partial charge is 0.0926 e. The minimum atomic E-state index is -0.488. The highest BCUT2D eigenvalue weighted by molar-refractivity contribution is 5.40. The number of hydrogen-bond donors (Lipinski definition) is 1. The summed E-state index contributed by atoms with van der Waals surface area (Å²) < 4.78 is 0. The van der Waals surface area contributed by atoms with E-state index in [2.05, 4.69) is 25.1 Å². The molecule has 0 bridgehead atoms. The summed E-state index contributed by atoms with van der Waals surface area (Å²) in [7, 11) is 0. The van der Waals surface area contributed by atoms with Gasteiger partial charge in [-0.1, -0.05) is 25.1 Å². The summed E-state index contributed by atoms with van der Waals surface area (Å²) in [5.74, 6) is 0.446. The lowest BCUT2D eigenvalue weighted by atomic mass is 10.0. The summed E-state index contributed by atoms with van der Waals surface area (Å²) in [5.41, 5.74) is 3.61. The molecule has 1 aromatic rings. The van der Waals surface area contributed by atoms with Crippen LogP contribution in [0.15, 0.2) is 18.2 Å². The van der Waals surface area contributed by atoms with Gasteiger partial charge in [-0.25, -0.2) is 0 Å². The average Bonchev–Trinajstić information content (AvgIpc) is 2.66. The molecule has 0 aromatic heterocycles. The fourth-order valence-corrected chi connectivity index (χ4v) is 2.65. The molecule has 1 fully saturated rings. The Bertz CT molecular complexity index is 383. The second-order valence-corrected chi connectivity index (χ2v) is 4.87. The third kappa shape index (κ3) is 1.05. The third-order valence-electron chi connectivity index (χ3n) is 3.87. The predicted octanol–water partition coefficient (Wildman–Crippen LogP) is 2.40. The van der Waals surface area contributed by atoms with Gasteiger partial charge in [0, 0.05) is 0 Å². The first-order valence-electron chi connectivity index (χ1n) is 5.55. The Balaban J connectivity index is 2.01. The van der Waals surface area contributed by atoms with Crippen LogP contribution in [0.4, 0.5) is 0 Å². The van der Waals surface area contributed by atoms with Crippen LogP contribution >= 0.6 is 0 Å². The molecule has 0 aliphatic heterocycles. The molecule has 0 amide bonds. The van der Waals surface area contributed by atoms with E-state index >= 15 is 0 Å². The molecule has 74 valence electrons. The van der Waals surface area contributed by atoms with Crippen LogP contribution in [-0.2, 0) is 18.4 Å². The van der Waals surface area contributed by atoms with Crippen LogP contribution in [0.3, 0.4) is 0 Å². The van der Waals surface area contributed by atoms with E-state index in [1.54, 1.807) is 0 Å². The van der Waals surface area contributed by atoms with Crippen LogP contribution in [-0.4, -0.2) is 5.11 Å². The Morgan fingerprint density at radius 1 is 1.29 bits per heavy atom. The summed E-state index contributed by atoms with van der Waals surface area (Å²) >= 11 is 0. The van der Waals surface area contributed by atoms with E-state index in [4.69, 9.17) is 0 Å². The molecular formula is C13H16O. The molecule has 14 heavy (non-hydrogen) atoms. The van der Waals surface area contributed by atoms with E-state index in [1.165, 1.54) is 30.4 Å². The van der Waals surface area contributed by atoms with E-state index in [1.807, 2.05) is 0 Å². The van der Waals surface area contributed by atoms with Gasteiger partial charge in [0.2, 0.25) is 0 Å². The van der Waals surface area contributed by atoms with Crippen molar-refractivity contribution < 1.29 is 5.11 Å². The Morgan fingerprint density at radius 2 is 2.00 bits per heavy atom. The monoisotopic (exact) mass is 188 g/mol. The summed E-state index contributed by atoms with van der Waals surface area (Å²) in [6.07, 6.45) is 4.65. The first kappa shape index (κ1) is 8.49. The van der Waals surface area contributed by atoms with E-state index in [0.29, 0.717) is 5.92 Å². The van der Waals surface area contributed by atoms with Gasteiger partial charge >= 0.3 is 0 Å². The van der Waals surface area contributed by atoms with Crippen molar-refractivity contribution in [2.24, 2.45) is 5.92 Å². The molecule has 0 spiro atoms. The largest absolute Gasteiger partial charge is 0.385 e.